The maximum absolute atomic E-state index is 9.67. The predicted molar refractivity (Wildman–Crippen MR) is 67.3 cm³/mol. The second-order valence-corrected chi connectivity index (χ2v) is 4.11. The molecule has 0 amide bonds. The van der Waals surface area contributed by atoms with E-state index in [0.717, 1.165) is 23.8 Å². The summed E-state index contributed by atoms with van der Waals surface area (Å²) >= 11 is 0. The molecule has 0 radical (unpaired) electrons. The van der Waals surface area contributed by atoms with Crippen LogP contribution < -0.4 is 4.90 Å². The number of aliphatic hydroxyl groups is 1. The van der Waals surface area contributed by atoms with Crippen LogP contribution in [0.5, 0.6) is 0 Å². The van der Waals surface area contributed by atoms with Crippen molar-refractivity contribution in [3.05, 3.63) is 17.6 Å². The van der Waals surface area contributed by atoms with Crippen molar-refractivity contribution in [3.8, 4) is 0 Å². The molecule has 0 aliphatic heterocycles. The number of aliphatic hydroxyl groups excluding tert-OH is 1. The van der Waals surface area contributed by atoms with Crippen molar-refractivity contribution in [2.45, 2.75) is 26.4 Å². The molecular formula is C12H21N3O2. The molecule has 1 rings (SSSR count). The van der Waals surface area contributed by atoms with Crippen molar-refractivity contribution in [1.82, 2.24) is 9.97 Å². The van der Waals surface area contributed by atoms with E-state index >= 15 is 0 Å². The largest absolute Gasteiger partial charge is 0.389 e. The first-order chi connectivity index (χ1) is 8.06. The first-order valence-corrected chi connectivity index (χ1v) is 5.79. The molecule has 0 saturated carbocycles. The molecule has 1 unspecified atom stereocenters. The van der Waals surface area contributed by atoms with Gasteiger partial charge in [-0.25, -0.2) is 9.97 Å². The Balaban J connectivity index is 2.74. The molecule has 1 N–H and O–H groups in total. The van der Waals surface area contributed by atoms with Gasteiger partial charge < -0.3 is 14.7 Å². The minimum atomic E-state index is -0.509. The highest BCUT2D eigenvalue weighted by atomic mass is 16.5. The first-order valence-electron chi connectivity index (χ1n) is 5.79. The Morgan fingerprint density at radius 2 is 2.18 bits per heavy atom. The molecule has 0 fully saturated rings. The highest BCUT2D eigenvalue weighted by molar-refractivity contribution is 5.39. The number of hydrogen-bond acceptors (Lipinski definition) is 5. The van der Waals surface area contributed by atoms with Crippen LogP contribution in [-0.2, 0) is 11.2 Å². The Labute approximate surface area is 102 Å². The van der Waals surface area contributed by atoms with Gasteiger partial charge in [-0.2, -0.15) is 0 Å². The van der Waals surface area contributed by atoms with Crippen molar-refractivity contribution < 1.29 is 9.84 Å². The third-order valence-electron chi connectivity index (χ3n) is 2.47. The summed E-state index contributed by atoms with van der Waals surface area (Å²) in [6.45, 7) is 4.76. The fraction of sp³-hybridized carbons (Fsp3) is 0.667. The summed E-state index contributed by atoms with van der Waals surface area (Å²) in [5.74, 6) is 1.59. The molecular weight excluding hydrogens is 218 g/mol. The molecule has 0 aliphatic rings. The van der Waals surface area contributed by atoms with Crippen molar-refractivity contribution >= 4 is 5.82 Å². The average molecular weight is 239 g/mol. The summed E-state index contributed by atoms with van der Waals surface area (Å²) in [4.78, 5) is 10.6. The monoisotopic (exact) mass is 239 g/mol. The predicted octanol–water partition coefficient (Wildman–Crippen LogP) is 0.791. The summed E-state index contributed by atoms with van der Waals surface area (Å²) in [6, 6.07) is 1.95. The lowest BCUT2D eigenvalue weighted by molar-refractivity contribution is 0.0694. The molecule has 0 aromatic carbocycles. The quantitative estimate of drug-likeness (QED) is 0.795. The van der Waals surface area contributed by atoms with E-state index in [1.54, 1.807) is 7.11 Å². The molecule has 1 heterocycles. The summed E-state index contributed by atoms with van der Waals surface area (Å²) < 4.78 is 4.90. The molecule has 5 nitrogen and oxygen atoms in total. The van der Waals surface area contributed by atoms with Gasteiger partial charge >= 0.3 is 0 Å². The maximum Gasteiger partial charge on any atom is 0.132 e. The lowest BCUT2D eigenvalue weighted by Gasteiger charge is -2.22. The molecule has 1 aromatic heterocycles. The molecule has 17 heavy (non-hydrogen) atoms. The van der Waals surface area contributed by atoms with E-state index in [-0.39, 0.29) is 0 Å². The van der Waals surface area contributed by atoms with Crippen LogP contribution in [0, 0.1) is 6.92 Å². The van der Waals surface area contributed by atoms with E-state index in [2.05, 4.69) is 16.9 Å². The van der Waals surface area contributed by atoms with Crippen LogP contribution >= 0.6 is 0 Å². The zero-order valence-electron chi connectivity index (χ0n) is 11.0. The van der Waals surface area contributed by atoms with Gasteiger partial charge in [0.05, 0.1) is 12.7 Å². The SMILES string of the molecule is CCc1cc(N(C)CC(O)COC)nc(C)n1. The number of methoxy groups -OCH3 is 1. The number of anilines is 1. The van der Waals surface area contributed by atoms with E-state index in [4.69, 9.17) is 4.74 Å². The third kappa shape index (κ3) is 4.28. The molecule has 0 aliphatic carbocycles. The van der Waals surface area contributed by atoms with Gasteiger partial charge in [0.25, 0.3) is 0 Å². The molecule has 1 atom stereocenters. The van der Waals surface area contributed by atoms with Gasteiger partial charge in [0.15, 0.2) is 0 Å². The standard InChI is InChI=1S/C12H21N3O2/c1-5-10-6-12(14-9(2)13-10)15(3)7-11(16)8-17-4/h6,11,16H,5,7-8H2,1-4H3. The van der Waals surface area contributed by atoms with Gasteiger partial charge in [0.2, 0.25) is 0 Å². The van der Waals surface area contributed by atoms with Gasteiger partial charge in [-0.1, -0.05) is 6.92 Å². The second-order valence-electron chi connectivity index (χ2n) is 4.11. The second kappa shape index (κ2) is 6.51. The van der Waals surface area contributed by atoms with Crippen LogP contribution in [0.15, 0.2) is 6.07 Å². The summed E-state index contributed by atoms with van der Waals surface area (Å²) in [7, 11) is 3.48. The number of hydrogen-bond donors (Lipinski definition) is 1. The zero-order chi connectivity index (χ0) is 12.8. The average Bonchev–Trinajstić information content (AvgIpc) is 2.28. The topological polar surface area (TPSA) is 58.5 Å². The van der Waals surface area contributed by atoms with Crippen LogP contribution in [0.25, 0.3) is 0 Å². The van der Waals surface area contributed by atoms with E-state index in [1.165, 1.54) is 0 Å². The number of likely N-dealkylation sites (N-methyl/N-ethyl adjacent to an activating group) is 1. The Hall–Kier alpha value is -1.20. The highest BCUT2D eigenvalue weighted by Crippen LogP contribution is 2.12. The summed E-state index contributed by atoms with van der Waals surface area (Å²) in [5.41, 5.74) is 1.01. The van der Waals surface area contributed by atoms with Gasteiger partial charge in [-0.15, -0.1) is 0 Å². The van der Waals surface area contributed by atoms with Gasteiger partial charge in [0.1, 0.15) is 11.6 Å². The van der Waals surface area contributed by atoms with Gasteiger partial charge in [-0.3, -0.25) is 0 Å². The number of nitrogens with zero attached hydrogens (tertiary/aromatic N) is 3. The van der Waals surface area contributed by atoms with Crippen molar-refractivity contribution in [2.75, 3.05) is 32.2 Å². The van der Waals surface area contributed by atoms with E-state index in [0.29, 0.717) is 13.2 Å². The molecule has 0 bridgehead atoms. The van der Waals surface area contributed by atoms with E-state index in [9.17, 15) is 5.11 Å². The fourth-order valence-corrected chi connectivity index (χ4v) is 1.64. The van der Waals surface area contributed by atoms with E-state index in [1.807, 2.05) is 24.9 Å². The minimum Gasteiger partial charge on any atom is -0.389 e. The van der Waals surface area contributed by atoms with Crippen molar-refractivity contribution in [1.29, 1.82) is 0 Å². The normalized spacial score (nSPS) is 12.5. The Morgan fingerprint density at radius 3 is 2.76 bits per heavy atom. The van der Waals surface area contributed by atoms with E-state index < -0.39 is 6.10 Å². The van der Waals surface area contributed by atoms with Crippen LogP contribution in [0.4, 0.5) is 5.82 Å². The number of aromatic nitrogens is 2. The highest BCUT2D eigenvalue weighted by Gasteiger charge is 2.11. The molecule has 96 valence electrons. The number of rotatable bonds is 6. The lowest BCUT2D eigenvalue weighted by Crippen LogP contribution is -2.32. The number of aryl methyl sites for hydroxylation is 2. The molecule has 5 heteroatoms. The fourth-order valence-electron chi connectivity index (χ4n) is 1.64. The van der Waals surface area contributed by atoms with Crippen LogP contribution in [-0.4, -0.2) is 48.5 Å². The molecule has 0 spiro atoms. The summed E-state index contributed by atoms with van der Waals surface area (Å²) in [6.07, 6.45) is 0.371. The first kappa shape index (κ1) is 13.9. The smallest absolute Gasteiger partial charge is 0.132 e. The van der Waals surface area contributed by atoms with Crippen molar-refractivity contribution in [2.24, 2.45) is 0 Å². The van der Waals surface area contributed by atoms with Crippen LogP contribution in [0.3, 0.4) is 0 Å². The zero-order valence-corrected chi connectivity index (χ0v) is 11.0. The Morgan fingerprint density at radius 1 is 1.47 bits per heavy atom. The van der Waals surface area contributed by atoms with Gasteiger partial charge in [-0.05, 0) is 13.3 Å². The maximum atomic E-state index is 9.67. The number of ether oxygens (including phenoxy) is 1. The van der Waals surface area contributed by atoms with Crippen LogP contribution in [0.2, 0.25) is 0 Å². The summed E-state index contributed by atoms with van der Waals surface area (Å²) in [5, 5.41) is 9.67. The third-order valence-corrected chi connectivity index (χ3v) is 2.47. The Kier molecular flexibility index (Phi) is 5.31. The minimum absolute atomic E-state index is 0.328. The lowest BCUT2D eigenvalue weighted by atomic mass is 10.3. The molecule has 0 saturated heterocycles. The van der Waals surface area contributed by atoms with Crippen molar-refractivity contribution in [3.63, 3.8) is 0 Å². The van der Waals surface area contributed by atoms with Gasteiger partial charge in [0, 0.05) is 32.5 Å². The van der Waals surface area contributed by atoms with Crippen LogP contribution in [0.1, 0.15) is 18.4 Å². The Bertz CT molecular complexity index is 358. The molecule has 1 aromatic rings.